The van der Waals surface area contributed by atoms with Gasteiger partial charge in [-0.2, -0.15) is 0 Å². The summed E-state index contributed by atoms with van der Waals surface area (Å²) in [6.45, 7) is 0.234. The van der Waals surface area contributed by atoms with Crippen LogP contribution in [0.1, 0.15) is 5.56 Å². The lowest BCUT2D eigenvalue weighted by Crippen LogP contribution is -2.07. The van der Waals surface area contributed by atoms with Crippen LogP contribution in [0.25, 0.3) is 4.91 Å². The molecule has 0 aliphatic carbocycles. The number of benzene rings is 1. The average Bonchev–Trinajstić information content (AvgIpc) is 2.15. The summed E-state index contributed by atoms with van der Waals surface area (Å²) in [5.41, 5.74) is 0.522. The van der Waals surface area contributed by atoms with Gasteiger partial charge in [-0.25, -0.2) is 8.42 Å². The van der Waals surface area contributed by atoms with Crippen molar-refractivity contribution < 1.29 is 13.2 Å². The SMILES string of the molecule is O=S(=O)(Cl)C1=CCOc2ccccc21. The average molecular weight is 231 g/mol. The maximum Gasteiger partial charge on any atom is 0.261 e. The number of fused-ring (bicyclic) bond motifs is 1. The van der Waals surface area contributed by atoms with Crippen LogP contribution < -0.4 is 4.74 Å². The van der Waals surface area contributed by atoms with Gasteiger partial charge in [0.05, 0.1) is 4.91 Å². The second-order valence-corrected chi connectivity index (χ2v) is 5.35. The fourth-order valence-electron chi connectivity index (χ4n) is 1.34. The normalized spacial score (nSPS) is 15.4. The lowest BCUT2D eigenvalue weighted by atomic mass is 10.1. The van der Waals surface area contributed by atoms with E-state index in [4.69, 9.17) is 15.4 Å². The Labute approximate surface area is 86.4 Å². The van der Waals surface area contributed by atoms with E-state index in [0.717, 1.165) is 0 Å². The first-order chi connectivity index (χ1) is 6.59. The summed E-state index contributed by atoms with van der Waals surface area (Å²) >= 11 is 0. The quantitative estimate of drug-likeness (QED) is 0.693. The molecular formula is C9H7ClO3S. The van der Waals surface area contributed by atoms with Crippen molar-refractivity contribution in [3.05, 3.63) is 35.9 Å². The Bertz CT molecular complexity index is 491. The second kappa shape index (κ2) is 3.29. The summed E-state index contributed by atoms with van der Waals surface area (Å²) in [4.78, 5) is 0.126. The molecule has 0 bridgehead atoms. The van der Waals surface area contributed by atoms with Crippen LogP contribution in [-0.4, -0.2) is 15.0 Å². The predicted molar refractivity (Wildman–Crippen MR) is 54.7 cm³/mol. The highest BCUT2D eigenvalue weighted by molar-refractivity contribution is 8.21. The molecule has 0 N–H and O–H groups in total. The van der Waals surface area contributed by atoms with Crippen molar-refractivity contribution in [1.82, 2.24) is 0 Å². The highest BCUT2D eigenvalue weighted by atomic mass is 35.7. The van der Waals surface area contributed by atoms with E-state index in [1.807, 2.05) is 0 Å². The van der Waals surface area contributed by atoms with E-state index < -0.39 is 9.05 Å². The number of para-hydroxylation sites is 1. The molecule has 0 atom stereocenters. The van der Waals surface area contributed by atoms with Gasteiger partial charge in [0.25, 0.3) is 9.05 Å². The van der Waals surface area contributed by atoms with Crippen molar-refractivity contribution >= 4 is 24.6 Å². The molecule has 0 radical (unpaired) electrons. The molecule has 0 spiro atoms. The van der Waals surface area contributed by atoms with Crippen LogP contribution >= 0.6 is 10.7 Å². The Balaban J connectivity index is 2.62. The van der Waals surface area contributed by atoms with Gasteiger partial charge in [0, 0.05) is 16.2 Å². The van der Waals surface area contributed by atoms with Crippen LogP contribution in [0.3, 0.4) is 0 Å². The Morgan fingerprint density at radius 1 is 1.29 bits per heavy atom. The van der Waals surface area contributed by atoms with Crippen LogP contribution in [0, 0.1) is 0 Å². The highest BCUT2D eigenvalue weighted by Gasteiger charge is 2.22. The van der Waals surface area contributed by atoms with Gasteiger partial charge in [0.1, 0.15) is 12.4 Å². The summed E-state index contributed by atoms with van der Waals surface area (Å²) in [5, 5.41) is 0. The molecular weight excluding hydrogens is 224 g/mol. The minimum Gasteiger partial charge on any atom is -0.489 e. The first-order valence-corrected chi connectivity index (χ1v) is 6.27. The number of rotatable bonds is 1. The zero-order valence-corrected chi connectivity index (χ0v) is 8.68. The lowest BCUT2D eigenvalue weighted by Gasteiger charge is -2.15. The van der Waals surface area contributed by atoms with E-state index in [-0.39, 0.29) is 11.5 Å². The summed E-state index contributed by atoms with van der Waals surface area (Å²) in [7, 11) is 1.60. The van der Waals surface area contributed by atoms with E-state index in [2.05, 4.69) is 0 Å². The molecule has 1 aromatic carbocycles. The maximum absolute atomic E-state index is 11.2. The van der Waals surface area contributed by atoms with Crippen LogP contribution in [0.2, 0.25) is 0 Å². The van der Waals surface area contributed by atoms with Gasteiger partial charge in [-0.05, 0) is 18.2 Å². The van der Waals surface area contributed by atoms with Crippen molar-refractivity contribution in [3.8, 4) is 5.75 Å². The molecule has 14 heavy (non-hydrogen) atoms. The summed E-state index contributed by atoms with van der Waals surface area (Å²) in [5.74, 6) is 0.550. The van der Waals surface area contributed by atoms with E-state index in [9.17, 15) is 8.42 Å². The Hall–Kier alpha value is -1.00. The van der Waals surface area contributed by atoms with Gasteiger partial charge in [0.2, 0.25) is 0 Å². The number of ether oxygens (including phenoxy) is 1. The van der Waals surface area contributed by atoms with Gasteiger partial charge < -0.3 is 4.74 Å². The molecule has 5 heteroatoms. The van der Waals surface area contributed by atoms with Crippen LogP contribution in [0.15, 0.2) is 30.3 Å². The lowest BCUT2D eigenvalue weighted by molar-refractivity contribution is 0.358. The second-order valence-electron chi connectivity index (χ2n) is 2.81. The van der Waals surface area contributed by atoms with E-state index in [1.54, 1.807) is 24.3 Å². The summed E-state index contributed by atoms with van der Waals surface area (Å²) < 4.78 is 27.6. The molecule has 0 saturated heterocycles. The van der Waals surface area contributed by atoms with E-state index in [1.165, 1.54) is 6.08 Å². The third-order valence-corrected chi connectivity index (χ3v) is 3.33. The molecule has 0 amide bonds. The monoisotopic (exact) mass is 230 g/mol. The fraction of sp³-hybridized carbons (Fsp3) is 0.111. The fourth-order valence-corrected chi connectivity index (χ4v) is 2.48. The standard InChI is InChI=1S/C9H7ClO3S/c10-14(11,12)9-5-6-13-8-4-2-1-3-7(8)9/h1-5H,6H2. The topological polar surface area (TPSA) is 43.4 Å². The van der Waals surface area contributed by atoms with Crippen LogP contribution in [-0.2, 0) is 9.05 Å². The smallest absolute Gasteiger partial charge is 0.261 e. The van der Waals surface area contributed by atoms with Gasteiger partial charge in [-0.3, -0.25) is 0 Å². The molecule has 1 aromatic rings. The van der Waals surface area contributed by atoms with Gasteiger partial charge in [-0.1, -0.05) is 12.1 Å². The third-order valence-electron chi connectivity index (χ3n) is 1.92. The molecule has 0 aromatic heterocycles. The van der Waals surface area contributed by atoms with E-state index >= 15 is 0 Å². The van der Waals surface area contributed by atoms with Crippen molar-refractivity contribution in [2.45, 2.75) is 0 Å². The first kappa shape index (κ1) is 9.55. The molecule has 1 aliphatic rings. The minimum absolute atomic E-state index is 0.126. The first-order valence-electron chi connectivity index (χ1n) is 3.96. The summed E-state index contributed by atoms with van der Waals surface area (Å²) in [6, 6.07) is 6.90. The molecule has 3 nitrogen and oxygen atoms in total. The third kappa shape index (κ3) is 1.63. The molecule has 1 aliphatic heterocycles. The van der Waals surface area contributed by atoms with Crippen molar-refractivity contribution in [1.29, 1.82) is 0 Å². The maximum atomic E-state index is 11.2. The number of hydrogen-bond donors (Lipinski definition) is 0. The Morgan fingerprint density at radius 2 is 2.00 bits per heavy atom. The largest absolute Gasteiger partial charge is 0.489 e. The number of halogens is 1. The van der Waals surface area contributed by atoms with E-state index in [0.29, 0.717) is 11.3 Å². The molecule has 0 fully saturated rings. The zero-order valence-electron chi connectivity index (χ0n) is 7.10. The summed E-state index contributed by atoms with van der Waals surface area (Å²) in [6.07, 6.45) is 1.46. The molecule has 2 rings (SSSR count). The Morgan fingerprint density at radius 3 is 2.71 bits per heavy atom. The zero-order chi connectivity index (χ0) is 10.2. The highest BCUT2D eigenvalue weighted by Crippen LogP contribution is 2.34. The minimum atomic E-state index is -3.69. The number of hydrogen-bond acceptors (Lipinski definition) is 3. The van der Waals surface area contributed by atoms with Gasteiger partial charge >= 0.3 is 0 Å². The molecule has 0 saturated carbocycles. The predicted octanol–water partition coefficient (Wildman–Crippen LogP) is 1.99. The van der Waals surface area contributed by atoms with Crippen LogP contribution in [0.5, 0.6) is 5.75 Å². The van der Waals surface area contributed by atoms with Crippen molar-refractivity contribution in [3.63, 3.8) is 0 Å². The van der Waals surface area contributed by atoms with Crippen molar-refractivity contribution in [2.75, 3.05) is 6.61 Å². The molecule has 1 heterocycles. The molecule has 74 valence electrons. The Kier molecular flexibility index (Phi) is 2.25. The molecule has 0 unspecified atom stereocenters. The van der Waals surface area contributed by atoms with Gasteiger partial charge in [0.15, 0.2) is 0 Å². The van der Waals surface area contributed by atoms with Gasteiger partial charge in [-0.15, -0.1) is 0 Å². The van der Waals surface area contributed by atoms with Crippen molar-refractivity contribution in [2.24, 2.45) is 0 Å². The van der Waals surface area contributed by atoms with Crippen LogP contribution in [0.4, 0.5) is 0 Å².